The molecule has 0 N–H and O–H groups in total. The quantitative estimate of drug-likeness (QED) is 0.0668. The molecule has 0 aliphatic carbocycles. The van der Waals surface area contributed by atoms with Gasteiger partial charge in [0.05, 0.1) is 11.4 Å². The second-order valence-corrected chi connectivity index (χ2v) is 10.7. The van der Waals surface area contributed by atoms with Gasteiger partial charge in [-0.2, -0.15) is 0 Å². The van der Waals surface area contributed by atoms with Crippen LogP contribution in [0.5, 0.6) is 0 Å². The fourth-order valence-corrected chi connectivity index (χ4v) is 3.57. The van der Waals surface area contributed by atoms with Crippen molar-refractivity contribution >= 4 is 24.4 Å². The van der Waals surface area contributed by atoms with Crippen LogP contribution in [0.4, 0.5) is 25.2 Å². The summed E-state index contributed by atoms with van der Waals surface area (Å²) in [5.41, 5.74) is 3.47. The molecule has 13 heteroatoms. The standard InChI is InChI=1S/C23H21N3.C5H8O2.Cu.F6P/c1-2-13-23-19(8-1)9-7-10-20(23)16-26(17-21-11-3-5-14-24-21)18-22-12-4-6-15-25-22;1-4(6)3-5(2)7;;1-7(2,3,4,5)6/h1-15H,16-18H2;3,6H,1-2H3;;/q;;+2;-1/p-1/b;4-3-;;. The number of rotatable bonds is 7. The van der Waals surface area contributed by atoms with Crippen LogP contribution < -0.4 is 5.11 Å². The van der Waals surface area contributed by atoms with Crippen molar-refractivity contribution in [2.24, 2.45) is 0 Å². The van der Waals surface area contributed by atoms with Gasteiger partial charge >= 0.3 is 50.1 Å². The summed E-state index contributed by atoms with van der Waals surface area (Å²) in [5.74, 6) is -0.375. The first-order valence-corrected chi connectivity index (χ1v) is 13.9. The molecule has 4 rings (SSSR count). The van der Waals surface area contributed by atoms with E-state index < -0.39 is 7.81 Å². The summed E-state index contributed by atoms with van der Waals surface area (Å²) >= 11 is 0. The molecule has 0 atom stereocenters. The van der Waals surface area contributed by atoms with Gasteiger partial charge in [0.2, 0.25) is 0 Å². The SMILES string of the molecule is CC(=O)/C=C(/C)[O-].F[P-](F)(F)(F)(F)F.[Cu+2].c1ccc(CN(Cc2ccccn2)Cc2cccc3ccccc23)nc1. The largest absolute Gasteiger partial charge is 2.00 e. The van der Waals surface area contributed by atoms with Crippen molar-refractivity contribution in [3.8, 4) is 0 Å². The molecule has 0 aliphatic heterocycles. The monoisotopic (exact) mass is 646 g/mol. The Hall–Kier alpha value is -3.30. The summed E-state index contributed by atoms with van der Waals surface area (Å²) in [6, 6.07) is 27.2. The van der Waals surface area contributed by atoms with Crippen LogP contribution in [-0.4, -0.2) is 20.7 Å². The van der Waals surface area contributed by atoms with Crippen molar-refractivity contribution in [1.82, 2.24) is 14.9 Å². The van der Waals surface area contributed by atoms with E-state index in [0.29, 0.717) is 0 Å². The summed E-state index contributed by atoms with van der Waals surface area (Å²) < 4.78 is 59.2. The number of carbonyl (C=O) groups excluding carboxylic acids is 1. The molecule has 1 radical (unpaired) electrons. The van der Waals surface area contributed by atoms with Crippen molar-refractivity contribution in [2.75, 3.05) is 0 Å². The van der Waals surface area contributed by atoms with Gasteiger partial charge in [0.1, 0.15) is 0 Å². The maximum absolute atomic E-state index is 10.7. The van der Waals surface area contributed by atoms with E-state index in [9.17, 15) is 35.1 Å². The third-order valence-electron chi connectivity index (χ3n) is 4.90. The van der Waals surface area contributed by atoms with Crippen molar-refractivity contribution in [2.45, 2.75) is 33.5 Å². The van der Waals surface area contributed by atoms with E-state index in [1.807, 2.05) is 36.7 Å². The minimum atomic E-state index is -10.7. The smallest absolute Gasteiger partial charge is 0.287 e. The van der Waals surface area contributed by atoms with Crippen molar-refractivity contribution in [3.05, 3.63) is 120 Å². The average Bonchev–Trinajstić information content (AvgIpc) is 2.83. The summed E-state index contributed by atoms with van der Waals surface area (Å²) in [4.78, 5) is 21.4. The minimum absolute atomic E-state index is 0. The summed E-state index contributed by atoms with van der Waals surface area (Å²) in [6.45, 7) is 5.14. The molecule has 2 aromatic heterocycles. The van der Waals surface area contributed by atoms with Crippen molar-refractivity contribution < 1.29 is 52.2 Å². The Morgan fingerprint density at radius 3 is 1.63 bits per heavy atom. The van der Waals surface area contributed by atoms with E-state index >= 15 is 0 Å². The number of allylic oxidation sites excluding steroid dienone is 2. The van der Waals surface area contributed by atoms with Crippen molar-refractivity contribution in [3.63, 3.8) is 0 Å². The summed E-state index contributed by atoms with van der Waals surface area (Å²) in [7, 11) is -10.7. The Kier molecular flexibility index (Phi) is 12.7. The van der Waals surface area contributed by atoms with E-state index in [0.717, 1.165) is 37.1 Å². The average molecular weight is 647 g/mol. The number of halogens is 6. The molecule has 225 valence electrons. The normalized spacial score (nSPS) is 13.0. The van der Waals surface area contributed by atoms with Gasteiger partial charge in [-0.25, -0.2) is 0 Å². The van der Waals surface area contributed by atoms with Crippen LogP contribution in [-0.2, 0) is 41.5 Å². The molecule has 5 nitrogen and oxygen atoms in total. The van der Waals surface area contributed by atoms with Crippen LogP contribution >= 0.6 is 7.81 Å². The van der Waals surface area contributed by atoms with Gasteiger partial charge in [-0.05, 0) is 53.6 Å². The van der Waals surface area contributed by atoms with Gasteiger partial charge in [0, 0.05) is 32.0 Å². The van der Waals surface area contributed by atoms with Gasteiger partial charge in [-0.3, -0.25) is 19.7 Å². The molecule has 2 aromatic carbocycles. The summed E-state index contributed by atoms with van der Waals surface area (Å²) in [5, 5.41) is 12.6. The van der Waals surface area contributed by atoms with E-state index in [4.69, 9.17) is 0 Å². The molecule has 2 heterocycles. The summed E-state index contributed by atoms with van der Waals surface area (Å²) in [6.07, 6.45) is 4.76. The van der Waals surface area contributed by atoms with Crippen LogP contribution in [0.2, 0.25) is 0 Å². The molecular formula is C28H28CuF6N3O2P. The topological polar surface area (TPSA) is 69.2 Å². The van der Waals surface area contributed by atoms with E-state index in [1.54, 1.807) is 0 Å². The van der Waals surface area contributed by atoms with E-state index in [2.05, 4.69) is 69.5 Å². The third-order valence-corrected chi connectivity index (χ3v) is 4.90. The molecule has 0 saturated heterocycles. The molecule has 0 aliphatic rings. The molecule has 0 bridgehead atoms. The number of aromatic nitrogens is 2. The third kappa shape index (κ3) is 17.9. The van der Waals surface area contributed by atoms with E-state index in [1.165, 1.54) is 30.2 Å². The molecule has 4 aromatic rings. The minimum Gasteiger partial charge on any atom is -0.287 e. The zero-order chi connectivity index (χ0) is 29.9. The zero-order valence-electron chi connectivity index (χ0n) is 22.0. The fourth-order valence-electron chi connectivity index (χ4n) is 3.57. The number of benzene rings is 2. The Morgan fingerprint density at radius 2 is 1.22 bits per heavy atom. The first-order chi connectivity index (χ1) is 18.5. The Balaban J connectivity index is 0.000000469. The predicted molar refractivity (Wildman–Crippen MR) is 143 cm³/mol. The molecule has 0 unspecified atom stereocenters. The first-order valence-electron chi connectivity index (χ1n) is 11.9. The van der Waals surface area contributed by atoms with Gasteiger partial charge in [-0.1, -0.05) is 61.5 Å². The fraction of sp³-hybridized carbons (Fsp3) is 0.179. The van der Waals surface area contributed by atoms with Crippen LogP contribution in [0.3, 0.4) is 0 Å². The Morgan fingerprint density at radius 1 is 0.756 bits per heavy atom. The van der Waals surface area contributed by atoms with Gasteiger partial charge in [0.15, 0.2) is 5.78 Å². The van der Waals surface area contributed by atoms with Gasteiger partial charge < -0.3 is 5.11 Å². The Bertz CT molecular complexity index is 1360. The second kappa shape index (κ2) is 14.5. The number of ketones is 1. The van der Waals surface area contributed by atoms with Gasteiger partial charge in [0.25, 0.3) is 0 Å². The maximum atomic E-state index is 9.98. The van der Waals surface area contributed by atoms with Crippen LogP contribution in [0.1, 0.15) is 30.8 Å². The van der Waals surface area contributed by atoms with Gasteiger partial charge in [-0.15, -0.1) is 5.76 Å². The Labute approximate surface area is 244 Å². The maximum Gasteiger partial charge on any atom is 2.00 e. The molecule has 41 heavy (non-hydrogen) atoms. The molecule has 0 fully saturated rings. The number of fused-ring (bicyclic) bond motifs is 1. The molecule has 0 amide bonds. The predicted octanol–water partition coefficient (Wildman–Crippen LogP) is 8.05. The van der Waals surface area contributed by atoms with Crippen LogP contribution in [0, 0.1) is 0 Å². The molecule has 0 saturated carbocycles. The molecular weight excluding hydrogens is 619 g/mol. The van der Waals surface area contributed by atoms with Crippen molar-refractivity contribution in [1.29, 1.82) is 0 Å². The van der Waals surface area contributed by atoms with Crippen LogP contribution in [0.15, 0.2) is 103 Å². The molecule has 0 spiro atoms. The van der Waals surface area contributed by atoms with Crippen LogP contribution in [0.25, 0.3) is 10.8 Å². The second-order valence-electron chi connectivity index (χ2n) is 8.75. The first kappa shape index (κ1) is 35.7. The number of hydrogen-bond donors (Lipinski definition) is 0. The zero-order valence-corrected chi connectivity index (χ0v) is 23.9. The number of carbonyl (C=O) groups is 1. The number of nitrogens with zero attached hydrogens (tertiary/aromatic N) is 3. The number of pyridine rings is 2. The number of hydrogen-bond acceptors (Lipinski definition) is 5. The van der Waals surface area contributed by atoms with E-state index in [-0.39, 0.29) is 28.6 Å².